The average molecular weight is 342 g/mol. The number of amides is 3. The Bertz CT molecular complexity index is 807. The van der Waals surface area contributed by atoms with Crippen LogP contribution in [0.15, 0.2) is 42.6 Å². The van der Waals surface area contributed by atoms with E-state index in [0.717, 1.165) is 0 Å². The number of nitrogens with zero attached hydrogens (tertiary/aromatic N) is 2. The molecule has 0 bridgehead atoms. The summed E-state index contributed by atoms with van der Waals surface area (Å²) in [6.07, 6.45) is 1.43. The Morgan fingerprint density at radius 2 is 2.00 bits per heavy atom. The largest absolute Gasteiger partial charge is 0.505 e. The highest BCUT2D eigenvalue weighted by Crippen LogP contribution is 2.15. The standard InChI is InChI=1S/C17H18N4O4/c1-21(12-5-2-4-11(10-12)16(18)24)14(23)7-9-20-17(25)15-13(22)6-3-8-19-15/h2-6,8,10,22H,7,9H2,1H3,(H2,18,24)(H,20,25). The van der Waals surface area contributed by atoms with Gasteiger partial charge in [0.15, 0.2) is 5.69 Å². The monoisotopic (exact) mass is 342 g/mol. The van der Waals surface area contributed by atoms with E-state index in [4.69, 9.17) is 5.73 Å². The summed E-state index contributed by atoms with van der Waals surface area (Å²) in [6, 6.07) is 9.24. The molecule has 0 fully saturated rings. The van der Waals surface area contributed by atoms with Gasteiger partial charge >= 0.3 is 0 Å². The minimum atomic E-state index is -0.579. The molecule has 0 aliphatic rings. The van der Waals surface area contributed by atoms with Gasteiger partial charge in [0, 0.05) is 37.5 Å². The molecule has 1 heterocycles. The summed E-state index contributed by atoms with van der Waals surface area (Å²) in [5, 5.41) is 12.1. The van der Waals surface area contributed by atoms with Crippen molar-refractivity contribution in [2.75, 3.05) is 18.5 Å². The average Bonchev–Trinajstić information content (AvgIpc) is 2.61. The van der Waals surface area contributed by atoms with E-state index in [-0.39, 0.29) is 30.3 Å². The highest BCUT2D eigenvalue weighted by atomic mass is 16.3. The summed E-state index contributed by atoms with van der Waals surface area (Å²) in [5.74, 6) is -1.63. The lowest BCUT2D eigenvalue weighted by Crippen LogP contribution is -2.32. The summed E-state index contributed by atoms with van der Waals surface area (Å²) in [4.78, 5) is 40.5. The van der Waals surface area contributed by atoms with E-state index in [1.165, 1.54) is 29.3 Å². The van der Waals surface area contributed by atoms with Crippen molar-refractivity contribution in [2.24, 2.45) is 5.73 Å². The molecule has 0 radical (unpaired) electrons. The van der Waals surface area contributed by atoms with Gasteiger partial charge in [0.05, 0.1) is 0 Å². The van der Waals surface area contributed by atoms with Gasteiger partial charge in [-0.15, -0.1) is 0 Å². The predicted octanol–water partition coefficient (Wildman–Crippen LogP) is 0.669. The second-order valence-corrected chi connectivity index (χ2v) is 5.24. The van der Waals surface area contributed by atoms with Crippen molar-refractivity contribution in [1.29, 1.82) is 0 Å². The van der Waals surface area contributed by atoms with E-state index in [0.29, 0.717) is 11.3 Å². The number of carbonyl (C=O) groups excluding carboxylic acids is 3. The van der Waals surface area contributed by atoms with Gasteiger partial charge < -0.3 is 21.1 Å². The van der Waals surface area contributed by atoms with Crippen LogP contribution in [0.25, 0.3) is 0 Å². The van der Waals surface area contributed by atoms with Gasteiger partial charge in [0.1, 0.15) is 5.75 Å². The first-order valence-electron chi connectivity index (χ1n) is 7.48. The molecule has 0 saturated heterocycles. The highest BCUT2D eigenvalue weighted by Gasteiger charge is 2.15. The molecule has 0 spiro atoms. The van der Waals surface area contributed by atoms with Crippen molar-refractivity contribution in [3.8, 4) is 5.75 Å². The first-order chi connectivity index (χ1) is 11.9. The maximum atomic E-state index is 12.2. The second kappa shape index (κ2) is 7.91. The van der Waals surface area contributed by atoms with E-state index < -0.39 is 11.8 Å². The van der Waals surface area contributed by atoms with Gasteiger partial charge in [-0.25, -0.2) is 4.98 Å². The first kappa shape index (κ1) is 17.9. The van der Waals surface area contributed by atoms with Gasteiger partial charge in [-0.3, -0.25) is 14.4 Å². The van der Waals surface area contributed by atoms with Crippen LogP contribution in [-0.4, -0.2) is 41.4 Å². The summed E-state index contributed by atoms with van der Waals surface area (Å²) < 4.78 is 0. The number of aromatic hydroxyl groups is 1. The van der Waals surface area contributed by atoms with Crippen LogP contribution in [0.2, 0.25) is 0 Å². The zero-order valence-corrected chi connectivity index (χ0v) is 13.6. The highest BCUT2D eigenvalue weighted by molar-refractivity contribution is 5.98. The van der Waals surface area contributed by atoms with E-state index in [2.05, 4.69) is 10.3 Å². The molecule has 1 aromatic carbocycles. The Balaban J connectivity index is 1.92. The Hall–Kier alpha value is -3.42. The fraction of sp³-hybridized carbons (Fsp3) is 0.176. The van der Waals surface area contributed by atoms with Crippen LogP contribution < -0.4 is 16.0 Å². The van der Waals surface area contributed by atoms with Gasteiger partial charge in [0.25, 0.3) is 5.91 Å². The minimum Gasteiger partial charge on any atom is -0.505 e. The third kappa shape index (κ3) is 4.54. The maximum absolute atomic E-state index is 12.2. The molecular weight excluding hydrogens is 324 g/mol. The molecule has 130 valence electrons. The molecule has 1 aromatic heterocycles. The summed E-state index contributed by atoms with van der Waals surface area (Å²) in [6.45, 7) is 0.0769. The summed E-state index contributed by atoms with van der Waals surface area (Å²) in [7, 11) is 1.56. The van der Waals surface area contributed by atoms with Crippen LogP contribution in [0.1, 0.15) is 27.3 Å². The molecule has 8 heteroatoms. The lowest BCUT2D eigenvalue weighted by molar-refractivity contribution is -0.118. The Kier molecular flexibility index (Phi) is 5.67. The first-order valence-corrected chi connectivity index (χ1v) is 7.48. The van der Waals surface area contributed by atoms with E-state index in [1.807, 2.05) is 0 Å². The van der Waals surface area contributed by atoms with Crippen LogP contribution in [0.4, 0.5) is 5.69 Å². The number of rotatable bonds is 6. The van der Waals surface area contributed by atoms with Gasteiger partial charge in [-0.05, 0) is 30.3 Å². The predicted molar refractivity (Wildman–Crippen MR) is 91.2 cm³/mol. The number of carbonyl (C=O) groups is 3. The number of primary amides is 1. The van der Waals surface area contributed by atoms with Crippen molar-refractivity contribution >= 4 is 23.4 Å². The number of hydrogen-bond acceptors (Lipinski definition) is 5. The molecule has 0 aliphatic carbocycles. The summed E-state index contributed by atoms with van der Waals surface area (Å²) >= 11 is 0. The number of anilines is 1. The van der Waals surface area contributed by atoms with Gasteiger partial charge in [0.2, 0.25) is 11.8 Å². The fourth-order valence-electron chi connectivity index (χ4n) is 2.12. The number of pyridine rings is 1. The van der Waals surface area contributed by atoms with Crippen LogP contribution >= 0.6 is 0 Å². The third-order valence-electron chi connectivity index (χ3n) is 3.52. The van der Waals surface area contributed by atoms with Crippen LogP contribution in [0.5, 0.6) is 5.75 Å². The zero-order chi connectivity index (χ0) is 18.4. The molecule has 3 amide bonds. The van der Waals surface area contributed by atoms with Gasteiger partial charge in [-0.1, -0.05) is 6.07 Å². The maximum Gasteiger partial charge on any atom is 0.273 e. The van der Waals surface area contributed by atoms with E-state index in [9.17, 15) is 19.5 Å². The quantitative estimate of drug-likeness (QED) is 0.711. The molecule has 2 rings (SSSR count). The van der Waals surface area contributed by atoms with E-state index >= 15 is 0 Å². The molecule has 2 aromatic rings. The third-order valence-corrected chi connectivity index (χ3v) is 3.52. The smallest absolute Gasteiger partial charge is 0.273 e. The molecular formula is C17H18N4O4. The number of nitrogens with one attached hydrogen (secondary N) is 1. The SMILES string of the molecule is CN(C(=O)CCNC(=O)c1ncccc1O)c1cccc(C(N)=O)c1. The number of benzene rings is 1. The van der Waals surface area contributed by atoms with Crippen LogP contribution in [0, 0.1) is 0 Å². The van der Waals surface area contributed by atoms with Crippen LogP contribution in [0.3, 0.4) is 0 Å². The minimum absolute atomic E-state index is 0.0383. The molecule has 8 nitrogen and oxygen atoms in total. The topological polar surface area (TPSA) is 126 Å². The molecule has 0 unspecified atom stereocenters. The number of hydrogen-bond donors (Lipinski definition) is 3. The zero-order valence-electron chi connectivity index (χ0n) is 13.6. The number of aromatic nitrogens is 1. The number of nitrogens with two attached hydrogens (primary N) is 1. The Labute approximate surface area is 144 Å². The summed E-state index contributed by atoms with van der Waals surface area (Å²) in [5.41, 5.74) is 5.95. The van der Waals surface area contributed by atoms with Crippen molar-refractivity contribution in [1.82, 2.24) is 10.3 Å². The lowest BCUT2D eigenvalue weighted by atomic mass is 10.2. The van der Waals surface area contributed by atoms with Crippen molar-refractivity contribution in [2.45, 2.75) is 6.42 Å². The van der Waals surface area contributed by atoms with Crippen LogP contribution in [-0.2, 0) is 4.79 Å². The Morgan fingerprint density at radius 1 is 1.24 bits per heavy atom. The van der Waals surface area contributed by atoms with Crippen molar-refractivity contribution in [3.63, 3.8) is 0 Å². The van der Waals surface area contributed by atoms with E-state index in [1.54, 1.807) is 25.2 Å². The normalized spacial score (nSPS) is 10.1. The van der Waals surface area contributed by atoms with Crippen molar-refractivity contribution < 1.29 is 19.5 Å². The lowest BCUT2D eigenvalue weighted by Gasteiger charge is -2.18. The molecule has 25 heavy (non-hydrogen) atoms. The molecule has 0 atom stereocenters. The molecule has 0 saturated carbocycles. The fourth-order valence-corrected chi connectivity index (χ4v) is 2.12. The Morgan fingerprint density at radius 3 is 2.68 bits per heavy atom. The molecule has 4 N–H and O–H groups in total. The molecule has 0 aliphatic heterocycles. The second-order valence-electron chi connectivity index (χ2n) is 5.24. The van der Waals surface area contributed by atoms with Gasteiger partial charge in [-0.2, -0.15) is 0 Å². The van der Waals surface area contributed by atoms with Crippen molar-refractivity contribution in [3.05, 3.63) is 53.9 Å².